The molecule has 1 rings (SSSR count). The Morgan fingerprint density at radius 3 is 2.06 bits per heavy atom. The van der Waals surface area contributed by atoms with Crippen LogP contribution in [0, 0.1) is 0 Å². The van der Waals surface area contributed by atoms with Gasteiger partial charge in [-0.1, -0.05) is 26.0 Å². The van der Waals surface area contributed by atoms with Gasteiger partial charge in [0.15, 0.2) is 0 Å². The van der Waals surface area contributed by atoms with Gasteiger partial charge in [-0.05, 0) is 23.6 Å². The van der Waals surface area contributed by atoms with Crippen molar-refractivity contribution >= 4 is 34.6 Å². The summed E-state index contributed by atoms with van der Waals surface area (Å²) in [7, 11) is 3.49. The monoisotopic (exact) mass is 332 g/mol. The summed E-state index contributed by atoms with van der Waals surface area (Å²) in [4.78, 5) is 13.3. The van der Waals surface area contributed by atoms with Crippen LogP contribution in [0.25, 0.3) is 0 Å². The Labute approximate surface area is 111 Å². The second kappa shape index (κ2) is 5.52. The number of carbonyl (C=O) groups is 1. The van der Waals surface area contributed by atoms with Crippen molar-refractivity contribution < 1.29 is 4.79 Å². The molecule has 0 saturated heterocycles. The topological polar surface area (TPSA) is 23.6 Å². The zero-order chi connectivity index (χ0) is 12.3. The number of rotatable bonds is 2. The van der Waals surface area contributed by atoms with Crippen molar-refractivity contribution in [2.24, 2.45) is 0 Å². The molecule has 0 aromatic heterocycles. The van der Waals surface area contributed by atoms with Crippen LogP contribution >= 0.6 is 22.9 Å². The summed E-state index contributed by atoms with van der Waals surface area (Å²) < 4.78 is 1.61. The molecule has 2 amide bonds. The highest BCUT2D eigenvalue weighted by Crippen LogP contribution is 2.23. The molecule has 0 heterocycles. The molecule has 4 heteroatoms. The molecule has 0 aliphatic carbocycles. The molecule has 0 N–H and O–H groups in total. The van der Waals surface area contributed by atoms with E-state index in [2.05, 4.69) is 26.0 Å². The number of urea groups is 1. The van der Waals surface area contributed by atoms with Gasteiger partial charge in [-0.25, -0.2) is 7.91 Å². The molecular weight excluding hydrogens is 315 g/mol. The number of halogens is 1. The van der Waals surface area contributed by atoms with E-state index in [1.807, 2.05) is 35.0 Å². The van der Waals surface area contributed by atoms with E-state index >= 15 is 0 Å². The van der Waals surface area contributed by atoms with Crippen LogP contribution in [0.5, 0.6) is 0 Å². The van der Waals surface area contributed by atoms with Crippen LogP contribution in [-0.4, -0.2) is 25.0 Å². The molecule has 0 atom stereocenters. The Hall–Kier alpha value is -0.780. The minimum Gasteiger partial charge on any atom is -0.330 e. The summed E-state index contributed by atoms with van der Waals surface area (Å²) >= 11 is 2.02. The van der Waals surface area contributed by atoms with E-state index in [0.29, 0.717) is 5.92 Å². The minimum absolute atomic E-state index is 0.0297. The van der Waals surface area contributed by atoms with E-state index in [0.717, 1.165) is 5.69 Å². The van der Waals surface area contributed by atoms with Crippen molar-refractivity contribution in [2.45, 2.75) is 19.8 Å². The fourth-order valence-corrected chi connectivity index (χ4v) is 2.03. The highest BCUT2D eigenvalue weighted by molar-refractivity contribution is 14.1. The minimum atomic E-state index is -0.0297. The van der Waals surface area contributed by atoms with Crippen molar-refractivity contribution in [1.29, 1.82) is 0 Å². The van der Waals surface area contributed by atoms with Crippen LogP contribution in [0.4, 0.5) is 10.5 Å². The second-order valence-corrected chi connectivity index (χ2v) is 5.17. The molecule has 0 saturated carbocycles. The van der Waals surface area contributed by atoms with E-state index in [4.69, 9.17) is 0 Å². The van der Waals surface area contributed by atoms with Crippen LogP contribution in [0.15, 0.2) is 24.3 Å². The molecule has 0 unspecified atom stereocenters. The maximum atomic E-state index is 11.7. The largest absolute Gasteiger partial charge is 0.332 e. The summed E-state index contributed by atoms with van der Waals surface area (Å²) in [6, 6.07) is 8.05. The average Bonchev–Trinajstić information content (AvgIpc) is 2.27. The number of anilines is 1. The molecule has 0 spiro atoms. The maximum Gasteiger partial charge on any atom is 0.332 e. The standard InChI is InChI=1S/C12H17IN2O/c1-9(2)10-5-7-11(8-6-10)15(13)12(16)14(3)4/h5-9H,1-4H3. The molecule has 0 aliphatic heterocycles. The van der Waals surface area contributed by atoms with Crippen LogP contribution in [0.1, 0.15) is 25.3 Å². The van der Waals surface area contributed by atoms with Crippen molar-refractivity contribution in [3.63, 3.8) is 0 Å². The molecule has 1 aromatic carbocycles. The Bertz CT molecular complexity index is 360. The Morgan fingerprint density at radius 2 is 1.69 bits per heavy atom. The lowest BCUT2D eigenvalue weighted by Gasteiger charge is -2.20. The highest BCUT2D eigenvalue weighted by atomic mass is 127. The van der Waals surface area contributed by atoms with Gasteiger partial charge in [0.05, 0.1) is 28.6 Å². The molecule has 0 bridgehead atoms. The second-order valence-electron chi connectivity index (χ2n) is 4.20. The van der Waals surface area contributed by atoms with Crippen molar-refractivity contribution in [3.8, 4) is 0 Å². The van der Waals surface area contributed by atoms with Gasteiger partial charge in [0, 0.05) is 14.1 Å². The molecule has 88 valence electrons. The molecule has 1 aromatic rings. The average molecular weight is 332 g/mol. The van der Waals surface area contributed by atoms with Gasteiger partial charge in [-0.2, -0.15) is 0 Å². The Morgan fingerprint density at radius 1 is 1.19 bits per heavy atom. The van der Waals surface area contributed by atoms with Gasteiger partial charge in [0.25, 0.3) is 0 Å². The smallest absolute Gasteiger partial charge is 0.330 e. The number of nitrogens with zero attached hydrogens (tertiary/aromatic N) is 2. The van der Waals surface area contributed by atoms with Crippen LogP contribution < -0.4 is 3.11 Å². The zero-order valence-electron chi connectivity index (χ0n) is 10.1. The summed E-state index contributed by atoms with van der Waals surface area (Å²) in [5, 5.41) is 0. The third-order valence-electron chi connectivity index (χ3n) is 2.34. The van der Waals surface area contributed by atoms with E-state index in [-0.39, 0.29) is 6.03 Å². The number of hydrogen-bond donors (Lipinski definition) is 0. The summed E-state index contributed by atoms with van der Waals surface area (Å²) in [5.74, 6) is 0.515. The predicted octanol–water partition coefficient (Wildman–Crippen LogP) is 3.65. The molecule has 0 aliphatic rings. The first-order valence-corrected chi connectivity index (χ1v) is 6.17. The number of carbonyl (C=O) groups excluding carboxylic acids is 1. The summed E-state index contributed by atoms with van der Waals surface area (Å²) in [6.07, 6.45) is 0. The summed E-state index contributed by atoms with van der Waals surface area (Å²) in [6.45, 7) is 4.31. The molecule has 3 nitrogen and oxygen atoms in total. The van der Waals surface area contributed by atoms with E-state index in [1.54, 1.807) is 22.1 Å². The highest BCUT2D eigenvalue weighted by Gasteiger charge is 2.14. The van der Waals surface area contributed by atoms with Gasteiger partial charge in [0.1, 0.15) is 0 Å². The third kappa shape index (κ3) is 3.10. The van der Waals surface area contributed by atoms with Gasteiger partial charge in [-0.3, -0.25) is 0 Å². The first-order chi connectivity index (χ1) is 7.43. The summed E-state index contributed by atoms with van der Waals surface area (Å²) in [5.41, 5.74) is 2.19. The van der Waals surface area contributed by atoms with E-state index in [9.17, 15) is 4.79 Å². The zero-order valence-corrected chi connectivity index (χ0v) is 12.2. The number of amides is 2. The van der Waals surface area contributed by atoms with Crippen molar-refractivity contribution in [3.05, 3.63) is 29.8 Å². The van der Waals surface area contributed by atoms with Crippen molar-refractivity contribution in [2.75, 3.05) is 17.2 Å². The van der Waals surface area contributed by atoms with E-state index < -0.39 is 0 Å². The van der Waals surface area contributed by atoms with E-state index in [1.165, 1.54) is 5.56 Å². The molecule has 16 heavy (non-hydrogen) atoms. The van der Waals surface area contributed by atoms with Crippen LogP contribution in [0.3, 0.4) is 0 Å². The molecule has 0 radical (unpaired) electrons. The predicted molar refractivity (Wildman–Crippen MR) is 76.1 cm³/mol. The Balaban J connectivity index is 2.85. The first-order valence-electron chi connectivity index (χ1n) is 5.20. The third-order valence-corrected chi connectivity index (χ3v) is 3.31. The van der Waals surface area contributed by atoms with Crippen molar-refractivity contribution in [1.82, 2.24) is 4.90 Å². The van der Waals surface area contributed by atoms with Gasteiger partial charge in [0.2, 0.25) is 0 Å². The quantitative estimate of drug-likeness (QED) is 0.599. The normalized spacial score (nSPS) is 10.4. The van der Waals surface area contributed by atoms with Gasteiger partial charge in [-0.15, -0.1) is 0 Å². The molecule has 0 fully saturated rings. The van der Waals surface area contributed by atoms with Gasteiger partial charge < -0.3 is 4.90 Å². The number of benzene rings is 1. The van der Waals surface area contributed by atoms with Gasteiger partial charge >= 0.3 is 6.03 Å². The fraction of sp³-hybridized carbons (Fsp3) is 0.417. The van der Waals surface area contributed by atoms with Crippen LogP contribution in [-0.2, 0) is 0 Å². The number of hydrogen-bond acceptors (Lipinski definition) is 1. The maximum absolute atomic E-state index is 11.7. The lowest BCUT2D eigenvalue weighted by Crippen LogP contribution is -2.32. The first kappa shape index (κ1) is 13.3. The lowest BCUT2D eigenvalue weighted by molar-refractivity contribution is 0.228. The molecular formula is C12H17IN2O. The van der Waals surface area contributed by atoms with Crippen LogP contribution in [0.2, 0.25) is 0 Å². The lowest BCUT2D eigenvalue weighted by atomic mass is 10.0. The SMILES string of the molecule is CC(C)c1ccc(N(I)C(=O)N(C)C)cc1. The Kier molecular flexibility index (Phi) is 4.58. The fourth-order valence-electron chi connectivity index (χ4n) is 1.28.